The Morgan fingerprint density at radius 1 is 1.07 bits per heavy atom. The number of thiazole rings is 1. The van der Waals surface area contributed by atoms with Gasteiger partial charge in [0.2, 0.25) is 0 Å². The number of esters is 2. The maximum Gasteiger partial charge on any atom is 0.338 e. The van der Waals surface area contributed by atoms with E-state index >= 15 is 0 Å². The third kappa shape index (κ3) is 6.99. The van der Waals surface area contributed by atoms with Crippen LogP contribution >= 0.6 is 11.3 Å². The molecule has 0 aliphatic carbocycles. The first-order valence-corrected chi connectivity index (χ1v) is 14.8. The zero-order chi connectivity index (χ0) is 30.4. The highest BCUT2D eigenvalue weighted by molar-refractivity contribution is 7.07. The Labute approximate surface area is 248 Å². The number of carbonyl (C=O) groups is 2. The van der Waals surface area contributed by atoms with Crippen LogP contribution in [0.1, 0.15) is 65.1 Å². The average molecular weight is 593 g/mol. The fourth-order valence-electron chi connectivity index (χ4n) is 4.45. The highest BCUT2D eigenvalue weighted by atomic mass is 32.1. The first kappa shape index (κ1) is 30.8. The highest BCUT2D eigenvalue weighted by Crippen LogP contribution is 2.36. The molecule has 0 radical (unpaired) electrons. The number of hydrogen-bond donors (Lipinski definition) is 0. The molecule has 0 spiro atoms. The largest absolute Gasteiger partial charge is 0.494 e. The minimum atomic E-state index is -0.835. The second kappa shape index (κ2) is 13.7. The third-order valence-corrected chi connectivity index (χ3v) is 7.26. The summed E-state index contributed by atoms with van der Waals surface area (Å²) in [4.78, 5) is 44.2. The number of fused-ring (bicyclic) bond motifs is 1. The van der Waals surface area contributed by atoms with Gasteiger partial charge in [-0.15, -0.1) is 0 Å². The molecule has 0 saturated heterocycles. The molecule has 3 aromatic rings. The Kier molecular flexibility index (Phi) is 10.0. The van der Waals surface area contributed by atoms with Crippen molar-refractivity contribution in [2.24, 2.45) is 10.9 Å². The van der Waals surface area contributed by atoms with Gasteiger partial charge >= 0.3 is 11.9 Å². The van der Waals surface area contributed by atoms with Gasteiger partial charge in [0.05, 0.1) is 41.7 Å². The molecular weight excluding hydrogens is 556 g/mol. The molecule has 222 valence electrons. The Hall–Kier alpha value is -4.18. The van der Waals surface area contributed by atoms with Crippen LogP contribution in [0.15, 0.2) is 63.5 Å². The monoisotopic (exact) mass is 592 g/mol. The fraction of sp³-hybridized carbons (Fsp3) is 0.375. The van der Waals surface area contributed by atoms with Crippen molar-refractivity contribution in [1.29, 1.82) is 0 Å². The summed E-state index contributed by atoms with van der Waals surface area (Å²) in [5.74, 6) is 0.418. The molecule has 9 nitrogen and oxygen atoms in total. The molecule has 0 N–H and O–H groups in total. The maximum atomic E-state index is 14.0. The summed E-state index contributed by atoms with van der Waals surface area (Å²) in [6.07, 6.45) is 2.71. The van der Waals surface area contributed by atoms with Gasteiger partial charge in [-0.25, -0.2) is 9.79 Å². The summed E-state index contributed by atoms with van der Waals surface area (Å²) in [7, 11) is 0. The van der Waals surface area contributed by atoms with Gasteiger partial charge in [-0.1, -0.05) is 50.3 Å². The summed E-state index contributed by atoms with van der Waals surface area (Å²) in [5.41, 5.74) is 1.84. The Balaban J connectivity index is 1.86. The Bertz CT molecular complexity index is 1670. The molecule has 1 aliphatic heterocycles. The van der Waals surface area contributed by atoms with Crippen molar-refractivity contribution in [3.63, 3.8) is 0 Å². The SMILES string of the molecule is CCCOc1ccc(/C=c2\sc3n(c2=O)[C@H](c2ccc(OC(C)=O)c(OCC)c2)C(C(=O)OCC(C)C)=C(C)N=3)cc1. The molecular formula is C32H36N2O7S. The molecule has 1 aromatic heterocycles. The van der Waals surface area contributed by atoms with E-state index in [0.717, 1.165) is 17.7 Å². The van der Waals surface area contributed by atoms with Crippen molar-refractivity contribution in [3.05, 3.63) is 84.5 Å². The number of aromatic nitrogens is 1. The van der Waals surface area contributed by atoms with Crippen LogP contribution < -0.4 is 29.1 Å². The van der Waals surface area contributed by atoms with Crippen molar-refractivity contribution in [2.75, 3.05) is 19.8 Å². The van der Waals surface area contributed by atoms with Crippen LogP contribution in [0.3, 0.4) is 0 Å². The topological polar surface area (TPSA) is 105 Å². The number of rotatable bonds is 11. The molecule has 10 heteroatoms. The summed E-state index contributed by atoms with van der Waals surface area (Å²) < 4.78 is 24.4. The van der Waals surface area contributed by atoms with E-state index in [0.29, 0.717) is 39.6 Å². The minimum Gasteiger partial charge on any atom is -0.494 e. The zero-order valence-electron chi connectivity index (χ0n) is 24.8. The first-order valence-electron chi connectivity index (χ1n) is 14.0. The van der Waals surface area contributed by atoms with Crippen LogP contribution in [0.2, 0.25) is 0 Å². The summed E-state index contributed by atoms with van der Waals surface area (Å²) in [5, 5.41) is 0. The van der Waals surface area contributed by atoms with Gasteiger partial charge in [0, 0.05) is 6.92 Å². The molecule has 4 rings (SSSR count). The number of carbonyl (C=O) groups excluding carboxylic acids is 2. The molecule has 0 fully saturated rings. The fourth-order valence-corrected chi connectivity index (χ4v) is 5.50. The molecule has 0 saturated carbocycles. The van der Waals surface area contributed by atoms with Gasteiger partial charge in [0.15, 0.2) is 16.3 Å². The quantitative estimate of drug-likeness (QED) is 0.238. The number of hydrogen-bond acceptors (Lipinski definition) is 9. The number of nitrogens with zero attached hydrogens (tertiary/aromatic N) is 2. The van der Waals surface area contributed by atoms with Crippen molar-refractivity contribution < 1.29 is 28.5 Å². The lowest BCUT2D eigenvalue weighted by Gasteiger charge is -2.25. The first-order chi connectivity index (χ1) is 20.1. The van der Waals surface area contributed by atoms with Gasteiger partial charge in [0.25, 0.3) is 5.56 Å². The van der Waals surface area contributed by atoms with Crippen LogP contribution in [0.5, 0.6) is 17.2 Å². The molecule has 1 atom stereocenters. The maximum absolute atomic E-state index is 14.0. The predicted octanol–water partition coefficient (Wildman–Crippen LogP) is 4.55. The number of allylic oxidation sites excluding steroid dienone is 1. The Morgan fingerprint density at radius 2 is 1.81 bits per heavy atom. The van der Waals surface area contributed by atoms with E-state index in [9.17, 15) is 14.4 Å². The number of benzene rings is 2. The highest BCUT2D eigenvalue weighted by Gasteiger charge is 2.34. The Morgan fingerprint density at radius 3 is 2.45 bits per heavy atom. The van der Waals surface area contributed by atoms with Gasteiger partial charge < -0.3 is 18.9 Å². The van der Waals surface area contributed by atoms with Crippen molar-refractivity contribution in [3.8, 4) is 17.2 Å². The normalized spacial score (nSPS) is 14.8. The van der Waals surface area contributed by atoms with Crippen LogP contribution in [0, 0.1) is 5.92 Å². The molecule has 0 unspecified atom stereocenters. The third-order valence-electron chi connectivity index (χ3n) is 6.28. The van der Waals surface area contributed by atoms with Gasteiger partial charge in [-0.05, 0) is 67.7 Å². The van der Waals surface area contributed by atoms with Crippen molar-refractivity contribution in [2.45, 2.75) is 54.0 Å². The van der Waals surface area contributed by atoms with E-state index < -0.39 is 18.0 Å². The summed E-state index contributed by atoms with van der Waals surface area (Å²) in [6.45, 7) is 12.0. The standard InChI is InChI=1S/C32H36N2O7S/c1-7-15-39-24-12-9-22(10-13-24)16-27-30(36)34-29(23-11-14-25(41-21(6)35)26(17-23)38-8-2)28(20(5)33-32(34)42-27)31(37)40-18-19(3)4/h9-14,16-17,19,29H,7-8,15,18H2,1-6H3/b27-16-/t29-/m1/s1. The molecule has 0 bridgehead atoms. The lowest BCUT2D eigenvalue weighted by atomic mass is 9.95. The lowest BCUT2D eigenvalue weighted by molar-refractivity contribution is -0.140. The summed E-state index contributed by atoms with van der Waals surface area (Å²) >= 11 is 1.25. The molecule has 0 amide bonds. The van der Waals surface area contributed by atoms with E-state index in [1.165, 1.54) is 22.8 Å². The van der Waals surface area contributed by atoms with Gasteiger partial charge in [0.1, 0.15) is 5.75 Å². The van der Waals surface area contributed by atoms with Gasteiger partial charge in [-0.2, -0.15) is 0 Å². The predicted molar refractivity (Wildman–Crippen MR) is 161 cm³/mol. The second-order valence-electron chi connectivity index (χ2n) is 10.2. The molecule has 42 heavy (non-hydrogen) atoms. The van der Waals surface area contributed by atoms with Crippen LogP contribution in [-0.2, 0) is 14.3 Å². The van der Waals surface area contributed by atoms with Gasteiger partial charge in [-0.3, -0.25) is 14.2 Å². The van der Waals surface area contributed by atoms with E-state index in [2.05, 4.69) is 4.99 Å². The summed E-state index contributed by atoms with van der Waals surface area (Å²) in [6, 6.07) is 11.7. The van der Waals surface area contributed by atoms with Crippen LogP contribution in [0.25, 0.3) is 6.08 Å². The zero-order valence-corrected chi connectivity index (χ0v) is 25.6. The van der Waals surface area contributed by atoms with Crippen LogP contribution in [0.4, 0.5) is 0 Å². The van der Waals surface area contributed by atoms with E-state index in [4.69, 9.17) is 18.9 Å². The average Bonchev–Trinajstić information content (AvgIpc) is 3.25. The van der Waals surface area contributed by atoms with E-state index in [-0.39, 0.29) is 29.4 Å². The van der Waals surface area contributed by atoms with E-state index in [1.54, 1.807) is 31.2 Å². The smallest absolute Gasteiger partial charge is 0.338 e. The number of ether oxygens (including phenoxy) is 4. The molecule has 1 aliphatic rings. The van der Waals surface area contributed by atoms with Crippen molar-refractivity contribution >= 4 is 29.4 Å². The molecule has 2 heterocycles. The van der Waals surface area contributed by atoms with Crippen molar-refractivity contribution in [1.82, 2.24) is 4.57 Å². The minimum absolute atomic E-state index is 0.126. The van der Waals surface area contributed by atoms with Crippen LogP contribution in [-0.4, -0.2) is 36.3 Å². The van der Waals surface area contributed by atoms with E-state index in [1.807, 2.05) is 52.0 Å². The lowest BCUT2D eigenvalue weighted by Crippen LogP contribution is -2.40. The second-order valence-corrected chi connectivity index (χ2v) is 11.2. The molecule has 2 aromatic carbocycles.